The minimum absolute atomic E-state index is 0.407. The van der Waals surface area contributed by atoms with E-state index in [1.165, 1.54) is 16.2 Å². The third-order valence-electron chi connectivity index (χ3n) is 3.46. The second kappa shape index (κ2) is 4.94. The van der Waals surface area contributed by atoms with E-state index >= 15 is 0 Å². The molecular formula is C15H16N2S. The fourth-order valence-electron chi connectivity index (χ4n) is 2.35. The number of hydrogen-bond acceptors (Lipinski definition) is 3. The summed E-state index contributed by atoms with van der Waals surface area (Å²) in [7, 11) is 0. The van der Waals surface area contributed by atoms with Gasteiger partial charge in [0.2, 0.25) is 0 Å². The predicted octanol–water partition coefficient (Wildman–Crippen LogP) is 3.30. The molecule has 0 saturated carbocycles. The molecule has 0 radical (unpaired) electrons. The lowest BCUT2D eigenvalue weighted by molar-refractivity contribution is 0.498. The highest BCUT2D eigenvalue weighted by molar-refractivity contribution is 7.12. The summed E-state index contributed by atoms with van der Waals surface area (Å²) in [5, 5.41) is 6.62. The van der Waals surface area contributed by atoms with Crippen molar-refractivity contribution in [3.63, 3.8) is 0 Å². The van der Waals surface area contributed by atoms with Crippen LogP contribution in [0, 0.1) is 5.92 Å². The van der Waals surface area contributed by atoms with Crippen molar-refractivity contribution < 1.29 is 0 Å². The molecular weight excluding hydrogens is 240 g/mol. The minimum atomic E-state index is 0.407. The van der Waals surface area contributed by atoms with Gasteiger partial charge in [0.15, 0.2) is 0 Å². The molecule has 3 heteroatoms. The van der Waals surface area contributed by atoms with Crippen molar-refractivity contribution >= 4 is 17.0 Å². The Hall–Kier alpha value is -1.61. The number of hydrogen-bond donors (Lipinski definition) is 1. The molecule has 1 aliphatic heterocycles. The van der Waals surface area contributed by atoms with Crippen LogP contribution in [0.15, 0.2) is 52.9 Å². The standard InChI is InChI=1S/C15H16N2S/c1-11-13(10-12-6-3-2-4-7-12)16-17-15(11)14-8-5-9-18-14/h2-9,11,13,16H,10H2,1H3. The predicted molar refractivity (Wildman–Crippen MR) is 77.1 cm³/mol. The van der Waals surface area contributed by atoms with Gasteiger partial charge in [-0.1, -0.05) is 43.3 Å². The quantitative estimate of drug-likeness (QED) is 0.895. The summed E-state index contributed by atoms with van der Waals surface area (Å²) in [5.74, 6) is 0.462. The molecule has 2 nitrogen and oxygen atoms in total. The van der Waals surface area contributed by atoms with Crippen LogP contribution in [-0.4, -0.2) is 11.8 Å². The molecule has 18 heavy (non-hydrogen) atoms. The molecule has 1 aliphatic rings. The van der Waals surface area contributed by atoms with Crippen molar-refractivity contribution in [3.05, 3.63) is 58.3 Å². The summed E-state index contributed by atoms with van der Waals surface area (Å²) in [6.45, 7) is 2.26. The first-order valence-corrected chi connectivity index (χ1v) is 7.13. The van der Waals surface area contributed by atoms with Crippen LogP contribution in [0.1, 0.15) is 17.4 Å². The molecule has 92 valence electrons. The van der Waals surface area contributed by atoms with Gasteiger partial charge in [-0.2, -0.15) is 5.10 Å². The van der Waals surface area contributed by atoms with Crippen LogP contribution in [0.4, 0.5) is 0 Å². The van der Waals surface area contributed by atoms with Gasteiger partial charge in [-0.25, -0.2) is 0 Å². The van der Waals surface area contributed by atoms with Crippen LogP contribution in [0.2, 0.25) is 0 Å². The molecule has 0 amide bonds. The molecule has 3 rings (SSSR count). The van der Waals surface area contributed by atoms with Gasteiger partial charge in [0.05, 0.1) is 16.6 Å². The summed E-state index contributed by atoms with van der Waals surface area (Å²) in [5.41, 5.74) is 5.85. The zero-order chi connectivity index (χ0) is 12.4. The highest BCUT2D eigenvalue weighted by atomic mass is 32.1. The van der Waals surface area contributed by atoms with E-state index in [1.807, 2.05) is 0 Å². The van der Waals surface area contributed by atoms with E-state index in [9.17, 15) is 0 Å². The maximum Gasteiger partial charge on any atom is 0.0824 e. The molecule has 1 aromatic heterocycles. The first-order valence-electron chi connectivity index (χ1n) is 6.25. The molecule has 0 spiro atoms. The number of nitrogens with zero attached hydrogens (tertiary/aromatic N) is 1. The van der Waals surface area contributed by atoms with Gasteiger partial charge in [0.1, 0.15) is 0 Å². The SMILES string of the molecule is CC1C(c2cccs2)=NNC1Cc1ccccc1. The Bertz CT molecular complexity index is 531. The van der Waals surface area contributed by atoms with Crippen LogP contribution >= 0.6 is 11.3 Å². The number of hydrazone groups is 1. The summed E-state index contributed by atoms with van der Waals surface area (Å²) < 4.78 is 0. The second-order valence-corrected chi connectivity index (χ2v) is 5.64. The number of benzene rings is 1. The van der Waals surface area contributed by atoms with Crippen molar-refractivity contribution in [3.8, 4) is 0 Å². The minimum Gasteiger partial charge on any atom is -0.306 e. The third kappa shape index (κ3) is 2.18. The number of rotatable bonds is 3. The molecule has 2 aromatic rings. The summed E-state index contributed by atoms with van der Waals surface area (Å²) in [6, 6.07) is 15.2. The van der Waals surface area contributed by atoms with E-state index in [2.05, 4.69) is 65.3 Å². The Labute approximate surface area is 111 Å². The van der Waals surface area contributed by atoms with E-state index in [4.69, 9.17) is 0 Å². The summed E-state index contributed by atoms with van der Waals surface area (Å²) >= 11 is 1.76. The molecule has 2 heterocycles. The van der Waals surface area contributed by atoms with Crippen molar-refractivity contribution in [1.29, 1.82) is 0 Å². The average Bonchev–Trinajstić information content (AvgIpc) is 3.02. The highest BCUT2D eigenvalue weighted by Crippen LogP contribution is 2.23. The lowest BCUT2D eigenvalue weighted by Crippen LogP contribution is -2.29. The second-order valence-electron chi connectivity index (χ2n) is 4.69. The fourth-order valence-corrected chi connectivity index (χ4v) is 3.16. The normalized spacial score (nSPS) is 22.6. The zero-order valence-electron chi connectivity index (χ0n) is 10.3. The topological polar surface area (TPSA) is 24.4 Å². The van der Waals surface area contributed by atoms with E-state index < -0.39 is 0 Å². The summed E-state index contributed by atoms with van der Waals surface area (Å²) in [4.78, 5) is 1.28. The van der Waals surface area contributed by atoms with Crippen LogP contribution in [0.3, 0.4) is 0 Å². The van der Waals surface area contributed by atoms with Crippen molar-refractivity contribution in [2.75, 3.05) is 0 Å². The van der Waals surface area contributed by atoms with Crippen LogP contribution < -0.4 is 5.43 Å². The first-order chi connectivity index (χ1) is 8.84. The van der Waals surface area contributed by atoms with Crippen molar-refractivity contribution in [1.82, 2.24) is 5.43 Å². The molecule has 2 atom stereocenters. The molecule has 0 fully saturated rings. The zero-order valence-corrected chi connectivity index (χ0v) is 11.2. The fraction of sp³-hybridized carbons (Fsp3) is 0.267. The van der Waals surface area contributed by atoms with Gasteiger partial charge in [-0.15, -0.1) is 11.3 Å². The molecule has 1 N–H and O–H groups in total. The van der Waals surface area contributed by atoms with E-state index in [1.54, 1.807) is 11.3 Å². The number of nitrogens with one attached hydrogen (secondary N) is 1. The van der Waals surface area contributed by atoms with Gasteiger partial charge in [-0.05, 0) is 23.4 Å². The Morgan fingerprint density at radius 3 is 2.72 bits per heavy atom. The molecule has 0 bridgehead atoms. The maximum atomic E-state index is 4.51. The Morgan fingerprint density at radius 2 is 2.00 bits per heavy atom. The van der Waals surface area contributed by atoms with Crippen LogP contribution in [0.5, 0.6) is 0 Å². The van der Waals surface area contributed by atoms with E-state index in [-0.39, 0.29) is 0 Å². The molecule has 2 unspecified atom stereocenters. The highest BCUT2D eigenvalue weighted by Gasteiger charge is 2.28. The summed E-state index contributed by atoms with van der Waals surface area (Å²) in [6.07, 6.45) is 1.03. The Morgan fingerprint density at radius 1 is 1.17 bits per heavy atom. The van der Waals surface area contributed by atoms with Gasteiger partial charge >= 0.3 is 0 Å². The van der Waals surface area contributed by atoms with Crippen molar-refractivity contribution in [2.45, 2.75) is 19.4 Å². The van der Waals surface area contributed by atoms with Gasteiger partial charge < -0.3 is 5.43 Å². The van der Waals surface area contributed by atoms with Gasteiger partial charge in [-0.3, -0.25) is 0 Å². The van der Waals surface area contributed by atoms with Gasteiger partial charge in [0, 0.05) is 5.92 Å². The Balaban J connectivity index is 1.72. The number of thiophene rings is 1. The molecule has 0 saturated heterocycles. The van der Waals surface area contributed by atoms with Gasteiger partial charge in [0.25, 0.3) is 0 Å². The largest absolute Gasteiger partial charge is 0.306 e. The molecule has 1 aromatic carbocycles. The lowest BCUT2D eigenvalue weighted by atomic mass is 9.92. The smallest absolute Gasteiger partial charge is 0.0824 e. The monoisotopic (exact) mass is 256 g/mol. The van der Waals surface area contributed by atoms with Crippen LogP contribution in [0.25, 0.3) is 0 Å². The maximum absolute atomic E-state index is 4.51. The van der Waals surface area contributed by atoms with E-state index in [0.29, 0.717) is 12.0 Å². The van der Waals surface area contributed by atoms with Crippen LogP contribution in [-0.2, 0) is 6.42 Å². The molecule has 0 aliphatic carbocycles. The third-order valence-corrected chi connectivity index (χ3v) is 4.35. The first kappa shape index (κ1) is 11.5. The van der Waals surface area contributed by atoms with E-state index in [0.717, 1.165) is 6.42 Å². The average molecular weight is 256 g/mol. The Kier molecular flexibility index (Phi) is 3.15. The van der Waals surface area contributed by atoms with Crippen molar-refractivity contribution in [2.24, 2.45) is 11.0 Å². The lowest BCUT2D eigenvalue weighted by Gasteiger charge is -2.16.